The third kappa shape index (κ3) is 3.02. The Bertz CT molecular complexity index is 1380. The van der Waals surface area contributed by atoms with Crippen LogP contribution in [-0.4, -0.2) is 48.4 Å². The molecule has 0 bridgehead atoms. The maximum absolute atomic E-state index is 11.7. The monoisotopic (exact) mass is 493 g/mol. The summed E-state index contributed by atoms with van der Waals surface area (Å²) in [6.07, 6.45) is -0.783. The highest BCUT2D eigenvalue weighted by Gasteiger charge is 2.41. The van der Waals surface area contributed by atoms with Crippen molar-refractivity contribution in [3.63, 3.8) is 0 Å². The van der Waals surface area contributed by atoms with Gasteiger partial charge in [-0.3, -0.25) is 0 Å². The number of hydrogen-bond donors (Lipinski definition) is 5. The standard InChI is InChI=1S/C27H27NO8/c1-33-17-9-16(29)24-23-12(17)4-5-13-21(23)15(28-27(24)32)8-18-22(13)25(30)14(10-36-18)11-6-19(34-2)26(31)20(7-11)35-3/h6-9,14,25,27-32H,4-5,10H2,1-3H3/t14-,25+,27-/m1/s1. The number of phenolic OH excluding ortho intramolecular Hbond substituents is 2. The van der Waals surface area contributed by atoms with Gasteiger partial charge in [0.15, 0.2) is 17.7 Å². The lowest BCUT2D eigenvalue weighted by Crippen LogP contribution is -2.28. The Morgan fingerprint density at radius 2 is 1.50 bits per heavy atom. The number of methoxy groups -OCH3 is 3. The zero-order chi connectivity index (χ0) is 25.3. The predicted molar refractivity (Wildman–Crippen MR) is 130 cm³/mol. The molecule has 1 aliphatic carbocycles. The van der Waals surface area contributed by atoms with E-state index in [-0.39, 0.29) is 29.6 Å². The Balaban J connectivity index is 1.53. The number of hydrogen-bond acceptors (Lipinski definition) is 9. The number of aliphatic hydroxyl groups is 2. The van der Waals surface area contributed by atoms with E-state index < -0.39 is 18.2 Å². The average Bonchev–Trinajstić information content (AvgIpc) is 2.87. The van der Waals surface area contributed by atoms with Crippen LogP contribution in [0, 0.1) is 0 Å². The van der Waals surface area contributed by atoms with Crippen LogP contribution >= 0.6 is 0 Å². The summed E-state index contributed by atoms with van der Waals surface area (Å²) in [7, 11) is 4.47. The maximum Gasteiger partial charge on any atom is 0.200 e. The summed E-state index contributed by atoms with van der Waals surface area (Å²) in [6.45, 7) is 0.197. The third-order valence-corrected chi connectivity index (χ3v) is 7.54. The second-order valence-corrected chi connectivity index (χ2v) is 9.24. The van der Waals surface area contributed by atoms with E-state index in [1.54, 1.807) is 25.3 Å². The first-order chi connectivity index (χ1) is 17.4. The summed E-state index contributed by atoms with van der Waals surface area (Å²) in [5.74, 6) is 0.984. The molecule has 3 aliphatic rings. The van der Waals surface area contributed by atoms with E-state index >= 15 is 0 Å². The first-order valence-electron chi connectivity index (χ1n) is 11.7. The first-order valence-corrected chi connectivity index (χ1v) is 11.7. The highest BCUT2D eigenvalue weighted by atomic mass is 16.5. The predicted octanol–water partition coefficient (Wildman–Crippen LogP) is 3.52. The number of rotatable bonds is 4. The number of aromatic hydroxyl groups is 2. The van der Waals surface area contributed by atoms with Crippen molar-refractivity contribution in [1.82, 2.24) is 0 Å². The molecule has 0 saturated heterocycles. The summed E-state index contributed by atoms with van der Waals surface area (Å²) in [5.41, 5.74) is 5.83. The van der Waals surface area contributed by atoms with E-state index in [9.17, 15) is 20.4 Å². The van der Waals surface area contributed by atoms with Gasteiger partial charge in [0.2, 0.25) is 5.75 Å². The first kappa shape index (κ1) is 22.6. The van der Waals surface area contributed by atoms with E-state index in [1.807, 2.05) is 0 Å². The molecule has 0 aromatic heterocycles. The second kappa shape index (κ2) is 8.11. The average molecular weight is 494 g/mol. The van der Waals surface area contributed by atoms with Gasteiger partial charge in [-0.2, -0.15) is 0 Å². The Morgan fingerprint density at radius 3 is 2.17 bits per heavy atom. The van der Waals surface area contributed by atoms with Gasteiger partial charge in [0.05, 0.1) is 39.6 Å². The van der Waals surface area contributed by atoms with Crippen LogP contribution in [0.5, 0.6) is 34.5 Å². The van der Waals surface area contributed by atoms with Gasteiger partial charge in [-0.15, -0.1) is 0 Å². The molecule has 2 aliphatic heterocycles. The van der Waals surface area contributed by atoms with Crippen molar-refractivity contribution >= 4 is 5.69 Å². The number of phenols is 2. The fourth-order valence-electron chi connectivity index (χ4n) is 5.87. The van der Waals surface area contributed by atoms with Crippen LogP contribution < -0.4 is 24.3 Å². The van der Waals surface area contributed by atoms with Gasteiger partial charge in [0.25, 0.3) is 0 Å². The Hall–Kier alpha value is -3.82. The molecular formula is C27H27NO8. The zero-order valence-electron chi connectivity index (χ0n) is 20.1. The van der Waals surface area contributed by atoms with E-state index in [0.717, 1.165) is 22.3 Å². The van der Waals surface area contributed by atoms with Crippen LogP contribution in [0.25, 0.3) is 11.1 Å². The van der Waals surface area contributed by atoms with Crippen LogP contribution in [0.2, 0.25) is 0 Å². The van der Waals surface area contributed by atoms with Gasteiger partial charge >= 0.3 is 0 Å². The lowest BCUT2D eigenvalue weighted by molar-refractivity contribution is 0.0878. The fourth-order valence-corrected chi connectivity index (χ4v) is 5.87. The summed E-state index contributed by atoms with van der Waals surface area (Å²) < 4.78 is 22.3. The molecule has 0 fully saturated rings. The van der Waals surface area contributed by atoms with E-state index in [4.69, 9.17) is 18.9 Å². The van der Waals surface area contributed by atoms with Crippen molar-refractivity contribution in [3.05, 3.63) is 52.1 Å². The van der Waals surface area contributed by atoms with E-state index in [0.29, 0.717) is 46.7 Å². The summed E-state index contributed by atoms with van der Waals surface area (Å²) >= 11 is 0. The van der Waals surface area contributed by atoms with Crippen LogP contribution in [0.15, 0.2) is 24.3 Å². The number of benzene rings is 3. The molecule has 6 rings (SSSR count). The number of anilines is 1. The SMILES string of the molecule is COc1cc([C@H]2COc3cc4c5c(c3[C@H]2O)CCc2c(OC)cc(O)c(c2-5)[C@@H](O)N4)cc(OC)c1O. The van der Waals surface area contributed by atoms with Gasteiger partial charge in [0, 0.05) is 46.0 Å². The van der Waals surface area contributed by atoms with Crippen molar-refractivity contribution in [2.75, 3.05) is 33.3 Å². The molecule has 5 N–H and O–H groups in total. The summed E-state index contributed by atoms with van der Waals surface area (Å²) in [4.78, 5) is 0. The Labute approximate surface area is 207 Å². The molecule has 3 aromatic rings. The largest absolute Gasteiger partial charge is 0.507 e. The van der Waals surface area contributed by atoms with Crippen LogP contribution in [0.4, 0.5) is 5.69 Å². The zero-order valence-corrected chi connectivity index (χ0v) is 20.1. The van der Waals surface area contributed by atoms with E-state index in [1.165, 1.54) is 20.3 Å². The molecule has 0 amide bonds. The lowest BCUT2D eigenvalue weighted by atomic mass is 9.74. The molecule has 9 nitrogen and oxygen atoms in total. The van der Waals surface area contributed by atoms with Crippen molar-refractivity contribution in [2.24, 2.45) is 0 Å². The Morgan fingerprint density at radius 1 is 0.833 bits per heavy atom. The minimum atomic E-state index is -1.10. The minimum Gasteiger partial charge on any atom is -0.507 e. The molecule has 0 unspecified atom stereocenters. The minimum absolute atomic E-state index is 0.0558. The maximum atomic E-state index is 11.7. The molecule has 188 valence electrons. The molecule has 36 heavy (non-hydrogen) atoms. The van der Waals surface area contributed by atoms with Crippen molar-refractivity contribution in [2.45, 2.75) is 31.1 Å². The fraction of sp³-hybridized carbons (Fsp3) is 0.333. The van der Waals surface area contributed by atoms with E-state index in [2.05, 4.69) is 5.32 Å². The smallest absolute Gasteiger partial charge is 0.200 e. The molecule has 0 spiro atoms. The molecule has 2 heterocycles. The second-order valence-electron chi connectivity index (χ2n) is 9.24. The van der Waals surface area contributed by atoms with Gasteiger partial charge in [-0.1, -0.05) is 0 Å². The highest BCUT2D eigenvalue weighted by molar-refractivity contribution is 5.93. The van der Waals surface area contributed by atoms with Gasteiger partial charge < -0.3 is 44.7 Å². The number of ether oxygens (including phenoxy) is 4. The molecule has 3 aromatic carbocycles. The van der Waals surface area contributed by atoms with Crippen LogP contribution in [-0.2, 0) is 12.8 Å². The van der Waals surface area contributed by atoms with Gasteiger partial charge in [-0.25, -0.2) is 0 Å². The summed E-state index contributed by atoms with van der Waals surface area (Å²) in [6, 6.07) is 6.69. The quantitative estimate of drug-likeness (QED) is 0.371. The van der Waals surface area contributed by atoms with Crippen molar-refractivity contribution in [3.8, 4) is 45.6 Å². The molecule has 0 radical (unpaired) electrons. The van der Waals surface area contributed by atoms with Crippen LogP contribution in [0.3, 0.4) is 0 Å². The topological polar surface area (TPSA) is 130 Å². The molecule has 3 atom stereocenters. The van der Waals surface area contributed by atoms with Gasteiger partial charge in [0.1, 0.15) is 17.2 Å². The molecular weight excluding hydrogens is 466 g/mol. The highest BCUT2D eigenvalue weighted by Crippen LogP contribution is 2.57. The molecule has 0 saturated carbocycles. The van der Waals surface area contributed by atoms with Crippen molar-refractivity contribution in [1.29, 1.82) is 0 Å². The number of aliphatic hydroxyl groups excluding tert-OH is 2. The van der Waals surface area contributed by atoms with Gasteiger partial charge in [-0.05, 0) is 36.1 Å². The number of fused-ring (bicyclic) bond motifs is 2. The third-order valence-electron chi connectivity index (χ3n) is 7.54. The summed E-state index contributed by atoms with van der Waals surface area (Å²) in [5, 5.41) is 46.6. The molecule has 9 heteroatoms. The normalized spacial score (nSPS) is 21.0. The Kier molecular flexibility index (Phi) is 5.10. The van der Waals surface area contributed by atoms with Crippen LogP contribution in [0.1, 0.15) is 46.1 Å². The lowest BCUT2D eigenvalue weighted by Gasteiger charge is -2.39. The number of nitrogens with one attached hydrogen (secondary N) is 1. The van der Waals surface area contributed by atoms with Crippen molar-refractivity contribution < 1.29 is 39.4 Å².